The van der Waals surface area contributed by atoms with E-state index in [0.717, 1.165) is 35.6 Å². The molecule has 0 fully saturated rings. The summed E-state index contributed by atoms with van der Waals surface area (Å²) in [5.41, 5.74) is 25.9. The van der Waals surface area contributed by atoms with E-state index in [2.05, 4.69) is 253 Å². The van der Waals surface area contributed by atoms with Crippen LogP contribution < -0.4 is 9.80 Å². The number of benzene rings is 8. The Morgan fingerprint density at radius 3 is 1.87 bits per heavy atom. The molecular weight excluding hydrogens is 809 g/mol. The van der Waals surface area contributed by atoms with Gasteiger partial charge in [-0.3, -0.25) is 0 Å². The normalized spacial score (nSPS) is 18.4. The van der Waals surface area contributed by atoms with Gasteiger partial charge in [0.25, 0.3) is 0 Å². The predicted molar refractivity (Wildman–Crippen MR) is 284 cm³/mol. The molecule has 0 spiro atoms. The molecule has 0 aliphatic heterocycles. The quantitative estimate of drug-likeness (QED) is 0.150. The maximum Gasteiger partial charge on any atom is 0.0543 e. The van der Waals surface area contributed by atoms with Crippen molar-refractivity contribution >= 4 is 28.4 Å². The number of para-hydroxylation sites is 1. The molecule has 2 nitrogen and oxygen atoms in total. The fourth-order valence-corrected chi connectivity index (χ4v) is 12.5. The molecule has 0 saturated carbocycles. The van der Waals surface area contributed by atoms with Gasteiger partial charge in [0.05, 0.1) is 11.4 Å². The standard InChI is InChI=1S/C65H58N2/c1-8-65(6)55-32-20-29-48(43-24-14-10-15-25-43)61(55)52-41-57-51(40-58(52)65)49-37-35-45(38-56(49)64(57,4)5)67(59-33-21-31-54-62(59)50-28-18-19-30-53(50)63(54,2)3)46-34-36-47(42-22-12-9-13-23-42)60(39-46)66(7)44-26-16-11-17-27-44/h9-24,26-41,43H,8,25H2,1-7H3. The van der Waals surface area contributed by atoms with Crippen LogP contribution in [0.15, 0.2) is 194 Å². The molecule has 0 heterocycles. The zero-order valence-corrected chi connectivity index (χ0v) is 39.9. The maximum absolute atomic E-state index is 2.60. The van der Waals surface area contributed by atoms with E-state index in [4.69, 9.17) is 0 Å². The van der Waals surface area contributed by atoms with Crippen LogP contribution in [0.1, 0.15) is 99.2 Å². The van der Waals surface area contributed by atoms with Crippen molar-refractivity contribution in [3.05, 3.63) is 233 Å². The van der Waals surface area contributed by atoms with Crippen LogP contribution in [0.2, 0.25) is 0 Å². The van der Waals surface area contributed by atoms with Gasteiger partial charge >= 0.3 is 0 Å². The van der Waals surface area contributed by atoms with Gasteiger partial charge in [-0.05, 0) is 140 Å². The van der Waals surface area contributed by atoms with Crippen molar-refractivity contribution in [2.75, 3.05) is 16.8 Å². The third-order valence-corrected chi connectivity index (χ3v) is 16.4. The van der Waals surface area contributed by atoms with Crippen molar-refractivity contribution < 1.29 is 0 Å². The SMILES string of the molecule is CCC1(C)c2cc3c(cc2-c2c(C4C=CC=CC4)cccc21)C(C)(C)c1cc(N(c2ccc(-c4ccccc4)c(N(C)c4ccccc4)c2)c2cccc4c2-c2ccccc2C4(C)C)ccc1-3. The maximum atomic E-state index is 2.60. The average Bonchev–Trinajstić information content (AvgIpc) is 3.87. The third kappa shape index (κ3) is 6.08. The Morgan fingerprint density at radius 1 is 0.463 bits per heavy atom. The number of hydrogen-bond donors (Lipinski definition) is 0. The molecule has 8 aromatic carbocycles. The van der Waals surface area contributed by atoms with Crippen molar-refractivity contribution in [1.29, 1.82) is 0 Å². The number of rotatable bonds is 8. The Labute approximate surface area is 397 Å². The molecule has 0 N–H and O–H groups in total. The van der Waals surface area contributed by atoms with E-state index in [1.165, 1.54) is 89.1 Å². The van der Waals surface area contributed by atoms with Gasteiger partial charge in [-0.15, -0.1) is 0 Å². The summed E-state index contributed by atoms with van der Waals surface area (Å²) < 4.78 is 0. The van der Waals surface area contributed by atoms with E-state index in [-0.39, 0.29) is 16.2 Å². The predicted octanol–water partition coefficient (Wildman–Crippen LogP) is 17.5. The second kappa shape index (κ2) is 15.2. The second-order valence-corrected chi connectivity index (χ2v) is 20.6. The van der Waals surface area contributed by atoms with Crippen LogP contribution in [0.3, 0.4) is 0 Å². The zero-order chi connectivity index (χ0) is 45.8. The molecule has 0 saturated heterocycles. The molecule has 0 aromatic heterocycles. The van der Waals surface area contributed by atoms with Gasteiger partial charge in [0.1, 0.15) is 0 Å². The number of fused-ring (bicyclic) bond motifs is 9. The molecule has 0 bridgehead atoms. The molecule has 328 valence electrons. The minimum atomic E-state index is -0.238. The van der Waals surface area contributed by atoms with Crippen LogP contribution in [-0.4, -0.2) is 7.05 Å². The van der Waals surface area contributed by atoms with Crippen molar-refractivity contribution in [2.24, 2.45) is 0 Å². The molecule has 67 heavy (non-hydrogen) atoms. The van der Waals surface area contributed by atoms with Crippen LogP contribution in [0, 0.1) is 0 Å². The van der Waals surface area contributed by atoms with Gasteiger partial charge < -0.3 is 9.80 Å². The van der Waals surface area contributed by atoms with E-state index in [9.17, 15) is 0 Å². The summed E-state index contributed by atoms with van der Waals surface area (Å²) in [6, 6.07) is 64.3. The van der Waals surface area contributed by atoms with Crippen molar-refractivity contribution in [3.8, 4) is 44.5 Å². The Hall–Kier alpha value is -7.16. The largest absolute Gasteiger partial charge is 0.344 e. The summed E-state index contributed by atoms with van der Waals surface area (Å²) in [4.78, 5) is 4.89. The highest BCUT2D eigenvalue weighted by Crippen LogP contribution is 2.60. The Morgan fingerprint density at radius 2 is 1.10 bits per heavy atom. The average molecular weight is 867 g/mol. The summed E-state index contributed by atoms with van der Waals surface area (Å²) in [6.45, 7) is 14.5. The molecule has 2 unspecified atom stereocenters. The van der Waals surface area contributed by atoms with Crippen LogP contribution >= 0.6 is 0 Å². The van der Waals surface area contributed by atoms with Crippen LogP contribution in [0.25, 0.3) is 44.5 Å². The minimum Gasteiger partial charge on any atom is -0.344 e. The van der Waals surface area contributed by atoms with Crippen molar-refractivity contribution in [1.82, 2.24) is 0 Å². The van der Waals surface area contributed by atoms with Crippen molar-refractivity contribution in [3.63, 3.8) is 0 Å². The van der Waals surface area contributed by atoms with E-state index in [1.807, 2.05) is 0 Å². The Kier molecular flexibility index (Phi) is 9.36. The van der Waals surface area contributed by atoms with Gasteiger partial charge in [-0.25, -0.2) is 0 Å². The lowest BCUT2D eigenvalue weighted by Gasteiger charge is -2.32. The highest BCUT2D eigenvalue weighted by Gasteiger charge is 2.45. The topological polar surface area (TPSA) is 6.48 Å². The molecule has 2 heteroatoms. The third-order valence-electron chi connectivity index (χ3n) is 16.4. The summed E-state index contributed by atoms with van der Waals surface area (Å²) >= 11 is 0. The molecule has 4 aliphatic carbocycles. The zero-order valence-electron chi connectivity index (χ0n) is 39.9. The fourth-order valence-electron chi connectivity index (χ4n) is 12.5. The Balaban J connectivity index is 1.06. The van der Waals surface area contributed by atoms with E-state index in [0.29, 0.717) is 5.92 Å². The molecule has 8 aromatic rings. The van der Waals surface area contributed by atoms with E-state index >= 15 is 0 Å². The second-order valence-electron chi connectivity index (χ2n) is 20.6. The lowest BCUT2D eigenvalue weighted by molar-refractivity contribution is 0.564. The van der Waals surface area contributed by atoms with Gasteiger partial charge in [-0.2, -0.15) is 0 Å². The highest BCUT2D eigenvalue weighted by atomic mass is 15.2. The van der Waals surface area contributed by atoms with E-state index in [1.54, 1.807) is 0 Å². The first-order valence-corrected chi connectivity index (χ1v) is 24.3. The first-order chi connectivity index (χ1) is 32.5. The van der Waals surface area contributed by atoms with Gasteiger partial charge in [0, 0.05) is 57.4 Å². The van der Waals surface area contributed by atoms with Crippen LogP contribution in [-0.2, 0) is 16.2 Å². The smallest absolute Gasteiger partial charge is 0.0543 e. The van der Waals surface area contributed by atoms with Crippen molar-refractivity contribution in [2.45, 2.75) is 76.5 Å². The number of anilines is 5. The minimum absolute atomic E-state index is 0.0676. The molecule has 12 rings (SSSR count). The van der Waals surface area contributed by atoms with Gasteiger partial charge in [0.2, 0.25) is 0 Å². The fraction of sp³-hybridized carbons (Fsp3) is 0.200. The Bertz CT molecular complexity index is 3350. The summed E-state index contributed by atoms with van der Waals surface area (Å²) in [5.74, 6) is 0.380. The summed E-state index contributed by atoms with van der Waals surface area (Å²) in [5, 5.41) is 0. The highest BCUT2D eigenvalue weighted by molar-refractivity contribution is 5.98. The van der Waals surface area contributed by atoms with Crippen LogP contribution in [0.5, 0.6) is 0 Å². The molecule has 0 radical (unpaired) electrons. The number of allylic oxidation sites excluding steroid dienone is 4. The molecular formula is C65H58N2. The lowest BCUT2D eigenvalue weighted by atomic mass is 9.76. The lowest BCUT2D eigenvalue weighted by Crippen LogP contribution is -2.20. The van der Waals surface area contributed by atoms with E-state index < -0.39 is 0 Å². The molecule has 0 amide bonds. The monoisotopic (exact) mass is 866 g/mol. The summed E-state index contributed by atoms with van der Waals surface area (Å²) in [7, 11) is 2.20. The first-order valence-electron chi connectivity index (χ1n) is 24.3. The number of nitrogens with zero attached hydrogens (tertiary/aromatic N) is 2. The van der Waals surface area contributed by atoms with Gasteiger partial charge in [0.15, 0.2) is 0 Å². The number of hydrogen-bond acceptors (Lipinski definition) is 2. The molecule has 4 aliphatic rings. The summed E-state index contributed by atoms with van der Waals surface area (Å²) in [6.07, 6.45) is 11.2. The van der Waals surface area contributed by atoms with Gasteiger partial charge in [-0.1, -0.05) is 181 Å². The first kappa shape index (κ1) is 41.3. The van der Waals surface area contributed by atoms with Crippen LogP contribution in [0.4, 0.5) is 28.4 Å². The molecule has 2 atom stereocenters.